The minimum atomic E-state index is -0.748. The first kappa shape index (κ1) is 16.4. The van der Waals surface area contributed by atoms with Crippen molar-refractivity contribution >= 4 is 17.6 Å². The van der Waals surface area contributed by atoms with Crippen LogP contribution in [0.3, 0.4) is 0 Å². The first-order valence-corrected chi connectivity index (χ1v) is 6.55. The quantitative estimate of drug-likeness (QED) is 0.860. The van der Waals surface area contributed by atoms with Crippen molar-refractivity contribution in [2.45, 2.75) is 0 Å². The van der Waals surface area contributed by atoms with Crippen molar-refractivity contribution in [2.75, 3.05) is 19.0 Å². The van der Waals surface area contributed by atoms with Gasteiger partial charge >= 0.3 is 5.97 Å². The monoisotopic (exact) mass is 321 g/mol. The molecular formula is C16H13F2NO4. The molecule has 0 fully saturated rings. The number of anilines is 1. The Hall–Kier alpha value is -2.96. The molecule has 0 saturated heterocycles. The number of benzene rings is 2. The van der Waals surface area contributed by atoms with E-state index in [0.717, 1.165) is 18.2 Å². The van der Waals surface area contributed by atoms with Crippen molar-refractivity contribution in [3.63, 3.8) is 0 Å². The Balaban J connectivity index is 1.91. The fraction of sp³-hybridized carbons (Fsp3) is 0.125. The lowest BCUT2D eigenvalue weighted by Gasteiger charge is -2.08. The first-order valence-electron chi connectivity index (χ1n) is 6.55. The van der Waals surface area contributed by atoms with Gasteiger partial charge in [0.05, 0.1) is 18.4 Å². The maximum absolute atomic E-state index is 13.4. The van der Waals surface area contributed by atoms with E-state index < -0.39 is 30.1 Å². The standard InChI is InChI=1S/C16H13F2NO4/c1-22-16(21)10-2-5-12(6-3-10)23-9-15(20)19-14-8-11(17)4-7-13(14)18/h2-8H,9H2,1H3,(H,19,20). The number of halogens is 2. The summed E-state index contributed by atoms with van der Waals surface area (Å²) in [7, 11) is 1.27. The van der Waals surface area contributed by atoms with Crippen molar-refractivity contribution in [3.8, 4) is 5.75 Å². The van der Waals surface area contributed by atoms with Crippen LogP contribution in [0.25, 0.3) is 0 Å². The largest absolute Gasteiger partial charge is 0.484 e. The maximum atomic E-state index is 13.4. The van der Waals surface area contributed by atoms with E-state index in [4.69, 9.17) is 4.74 Å². The van der Waals surface area contributed by atoms with Crippen LogP contribution in [-0.2, 0) is 9.53 Å². The molecule has 0 saturated carbocycles. The van der Waals surface area contributed by atoms with Crippen LogP contribution in [0.5, 0.6) is 5.75 Å². The Bertz CT molecular complexity index is 717. The third-order valence-corrected chi connectivity index (χ3v) is 2.85. The van der Waals surface area contributed by atoms with Gasteiger partial charge < -0.3 is 14.8 Å². The lowest BCUT2D eigenvalue weighted by atomic mass is 10.2. The summed E-state index contributed by atoms with van der Waals surface area (Å²) in [6.07, 6.45) is 0. The number of carbonyl (C=O) groups is 2. The number of hydrogen-bond donors (Lipinski definition) is 1. The fourth-order valence-electron chi connectivity index (χ4n) is 1.73. The fourth-order valence-corrected chi connectivity index (χ4v) is 1.73. The van der Waals surface area contributed by atoms with Gasteiger partial charge in [-0.1, -0.05) is 0 Å². The summed E-state index contributed by atoms with van der Waals surface area (Å²) in [5.74, 6) is -2.21. The second kappa shape index (κ2) is 7.35. The van der Waals surface area contributed by atoms with E-state index in [0.29, 0.717) is 11.3 Å². The molecule has 120 valence electrons. The lowest BCUT2D eigenvalue weighted by molar-refractivity contribution is -0.118. The molecule has 5 nitrogen and oxygen atoms in total. The Morgan fingerprint density at radius 2 is 1.78 bits per heavy atom. The van der Waals surface area contributed by atoms with Crippen LogP contribution in [0.15, 0.2) is 42.5 Å². The molecule has 7 heteroatoms. The summed E-state index contributed by atoms with van der Waals surface area (Å²) >= 11 is 0. The van der Waals surface area contributed by atoms with Crippen molar-refractivity contribution in [3.05, 3.63) is 59.7 Å². The van der Waals surface area contributed by atoms with E-state index in [-0.39, 0.29) is 5.69 Å². The Labute approximate surface area is 130 Å². The molecule has 0 radical (unpaired) electrons. The highest BCUT2D eigenvalue weighted by molar-refractivity contribution is 5.92. The molecule has 0 aliphatic heterocycles. The van der Waals surface area contributed by atoms with Crippen molar-refractivity contribution in [1.82, 2.24) is 0 Å². The third-order valence-electron chi connectivity index (χ3n) is 2.85. The number of hydrogen-bond acceptors (Lipinski definition) is 4. The van der Waals surface area contributed by atoms with Gasteiger partial charge in [0.15, 0.2) is 6.61 Å². The molecule has 0 unspecified atom stereocenters. The van der Waals surface area contributed by atoms with Gasteiger partial charge in [-0.05, 0) is 36.4 Å². The van der Waals surface area contributed by atoms with Crippen LogP contribution in [0.1, 0.15) is 10.4 Å². The molecule has 2 rings (SSSR count). The molecule has 2 aromatic rings. The van der Waals surface area contributed by atoms with Crippen LogP contribution in [-0.4, -0.2) is 25.6 Å². The minimum Gasteiger partial charge on any atom is -0.484 e. The highest BCUT2D eigenvalue weighted by Gasteiger charge is 2.10. The van der Waals surface area contributed by atoms with Crippen LogP contribution >= 0.6 is 0 Å². The molecule has 23 heavy (non-hydrogen) atoms. The average molecular weight is 321 g/mol. The molecule has 0 heterocycles. The average Bonchev–Trinajstić information content (AvgIpc) is 2.56. The zero-order chi connectivity index (χ0) is 16.8. The van der Waals surface area contributed by atoms with E-state index in [1.807, 2.05) is 0 Å². The van der Waals surface area contributed by atoms with E-state index in [1.54, 1.807) is 0 Å². The summed E-state index contributed by atoms with van der Waals surface area (Å²) in [6, 6.07) is 8.67. The van der Waals surface area contributed by atoms with Gasteiger partial charge in [-0.25, -0.2) is 13.6 Å². The molecule has 0 aliphatic rings. The van der Waals surface area contributed by atoms with E-state index in [2.05, 4.69) is 10.1 Å². The predicted molar refractivity (Wildman–Crippen MR) is 78.3 cm³/mol. The Morgan fingerprint density at radius 3 is 2.43 bits per heavy atom. The van der Waals surface area contributed by atoms with E-state index in [9.17, 15) is 18.4 Å². The zero-order valence-electron chi connectivity index (χ0n) is 12.1. The molecule has 0 aromatic heterocycles. The highest BCUT2D eigenvalue weighted by atomic mass is 19.1. The van der Waals surface area contributed by atoms with Gasteiger partial charge in [0, 0.05) is 6.07 Å². The zero-order valence-corrected chi connectivity index (χ0v) is 12.1. The predicted octanol–water partition coefficient (Wildman–Crippen LogP) is 2.77. The Morgan fingerprint density at radius 1 is 1.09 bits per heavy atom. The molecule has 2 aromatic carbocycles. The number of ether oxygens (including phenoxy) is 2. The molecule has 0 aliphatic carbocycles. The number of nitrogens with one attached hydrogen (secondary N) is 1. The highest BCUT2D eigenvalue weighted by Crippen LogP contribution is 2.16. The van der Waals surface area contributed by atoms with Crippen LogP contribution in [0, 0.1) is 11.6 Å². The summed E-state index contributed by atoms with van der Waals surface area (Å²) in [5, 5.41) is 2.21. The summed E-state index contributed by atoms with van der Waals surface area (Å²) in [4.78, 5) is 22.9. The van der Waals surface area contributed by atoms with Gasteiger partial charge in [-0.3, -0.25) is 4.79 Å². The van der Waals surface area contributed by atoms with Gasteiger partial charge in [0.25, 0.3) is 5.91 Å². The minimum absolute atomic E-state index is 0.264. The maximum Gasteiger partial charge on any atom is 0.337 e. The molecule has 1 N–H and O–H groups in total. The molecule has 0 atom stereocenters. The normalized spacial score (nSPS) is 10.0. The van der Waals surface area contributed by atoms with Gasteiger partial charge in [0.1, 0.15) is 17.4 Å². The first-order chi connectivity index (χ1) is 11.0. The second-order valence-electron chi connectivity index (χ2n) is 4.48. The third kappa shape index (κ3) is 4.50. The smallest absolute Gasteiger partial charge is 0.337 e. The van der Waals surface area contributed by atoms with Crippen LogP contribution in [0.2, 0.25) is 0 Å². The number of amides is 1. The summed E-state index contributed by atoms with van der Waals surface area (Å²) < 4.78 is 36.1. The SMILES string of the molecule is COC(=O)c1ccc(OCC(=O)Nc2cc(F)ccc2F)cc1. The van der Waals surface area contributed by atoms with Crippen molar-refractivity contribution in [2.24, 2.45) is 0 Å². The number of methoxy groups -OCH3 is 1. The van der Waals surface area contributed by atoms with Gasteiger partial charge in [-0.2, -0.15) is 0 Å². The number of carbonyl (C=O) groups excluding carboxylic acids is 2. The molecule has 0 spiro atoms. The van der Waals surface area contributed by atoms with E-state index >= 15 is 0 Å². The lowest BCUT2D eigenvalue weighted by Crippen LogP contribution is -2.20. The molecular weight excluding hydrogens is 308 g/mol. The van der Waals surface area contributed by atoms with Crippen LogP contribution in [0.4, 0.5) is 14.5 Å². The van der Waals surface area contributed by atoms with Crippen LogP contribution < -0.4 is 10.1 Å². The second-order valence-corrected chi connectivity index (χ2v) is 4.48. The Kier molecular flexibility index (Phi) is 5.24. The summed E-state index contributed by atoms with van der Waals surface area (Å²) in [5.41, 5.74) is 0.0748. The summed E-state index contributed by atoms with van der Waals surface area (Å²) in [6.45, 7) is -0.395. The molecule has 0 bridgehead atoms. The molecule has 1 amide bonds. The van der Waals surface area contributed by atoms with E-state index in [1.165, 1.54) is 31.4 Å². The van der Waals surface area contributed by atoms with Crippen molar-refractivity contribution < 1.29 is 27.8 Å². The van der Waals surface area contributed by atoms with Crippen molar-refractivity contribution in [1.29, 1.82) is 0 Å². The topological polar surface area (TPSA) is 64.6 Å². The van der Waals surface area contributed by atoms with Gasteiger partial charge in [-0.15, -0.1) is 0 Å². The number of esters is 1. The number of rotatable bonds is 5. The van der Waals surface area contributed by atoms with Gasteiger partial charge in [0.2, 0.25) is 0 Å².